The van der Waals surface area contributed by atoms with E-state index >= 15 is 0 Å². The summed E-state index contributed by atoms with van der Waals surface area (Å²) in [6, 6.07) is 5.78. The quantitative estimate of drug-likeness (QED) is 0.435. The Morgan fingerprint density at radius 1 is 1.28 bits per heavy atom. The summed E-state index contributed by atoms with van der Waals surface area (Å²) in [5.41, 5.74) is 2.86. The number of pyridine rings is 1. The van der Waals surface area contributed by atoms with Gasteiger partial charge in [0.05, 0.1) is 11.9 Å². The van der Waals surface area contributed by atoms with Crippen molar-refractivity contribution in [3.63, 3.8) is 0 Å². The second-order valence-electron chi connectivity index (χ2n) is 3.34. The van der Waals surface area contributed by atoms with Crippen LogP contribution in [-0.2, 0) is 0 Å². The van der Waals surface area contributed by atoms with Crippen molar-refractivity contribution in [2.75, 3.05) is 10.7 Å². The molecule has 18 heavy (non-hydrogen) atoms. The molecule has 0 atom stereocenters. The normalized spacial score (nSPS) is 9.83. The van der Waals surface area contributed by atoms with Gasteiger partial charge in [-0.1, -0.05) is 0 Å². The van der Waals surface area contributed by atoms with Crippen molar-refractivity contribution in [2.24, 2.45) is 5.84 Å². The standard InChI is InChI=1S/C10H10N6O2/c11-14-6-1-2-7(12-5-6)10(18)13-8-3-4-9(17)16-15-8/h1-5,14H,11H2,(H,16,17)(H,13,15,18). The van der Waals surface area contributed by atoms with Crippen LogP contribution in [0.1, 0.15) is 10.5 Å². The second kappa shape index (κ2) is 5.06. The lowest BCUT2D eigenvalue weighted by Gasteiger charge is -2.03. The second-order valence-corrected chi connectivity index (χ2v) is 3.34. The molecule has 2 heterocycles. The molecule has 1 amide bonds. The van der Waals surface area contributed by atoms with Crippen molar-refractivity contribution >= 4 is 17.4 Å². The van der Waals surface area contributed by atoms with E-state index in [9.17, 15) is 9.59 Å². The van der Waals surface area contributed by atoms with Gasteiger partial charge in [-0.3, -0.25) is 15.4 Å². The summed E-state index contributed by atoms with van der Waals surface area (Å²) >= 11 is 0. The molecule has 0 aliphatic carbocycles. The number of nitrogens with zero attached hydrogens (tertiary/aromatic N) is 2. The number of aromatic nitrogens is 3. The fourth-order valence-corrected chi connectivity index (χ4v) is 1.21. The Balaban J connectivity index is 2.11. The van der Waals surface area contributed by atoms with Gasteiger partial charge in [0.1, 0.15) is 5.69 Å². The minimum atomic E-state index is -0.432. The number of carbonyl (C=O) groups is 1. The van der Waals surface area contributed by atoms with Crippen molar-refractivity contribution in [1.82, 2.24) is 15.2 Å². The summed E-state index contributed by atoms with van der Waals surface area (Å²) in [6.07, 6.45) is 1.43. The number of hydrazine groups is 1. The van der Waals surface area contributed by atoms with Crippen LogP contribution >= 0.6 is 0 Å². The molecule has 0 bridgehead atoms. The maximum Gasteiger partial charge on any atom is 0.275 e. The van der Waals surface area contributed by atoms with E-state index in [4.69, 9.17) is 5.84 Å². The van der Waals surface area contributed by atoms with Crippen molar-refractivity contribution in [1.29, 1.82) is 0 Å². The molecule has 8 nitrogen and oxygen atoms in total. The highest BCUT2D eigenvalue weighted by atomic mass is 16.2. The van der Waals surface area contributed by atoms with Crippen LogP contribution < -0.4 is 22.1 Å². The topological polar surface area (TPSA) is 126 Å². The monoisotopic (exact) mass is 246 g/mol. The Bertz CT molecular complexity index is 586. The molecule has 0 saturated carbocycles. The first-order valence-corrected chi connectivity index (χ1v) is 4.99. The fourth-order valence-electron chi connectivity index (χ4n) is 1.21. The Morgan fingerprint density at radius 2 is 2.11 bits per heavy atom. The van der Waals surface area contributed by atoms with Gasteiger partial charge in [0, 0.05) is 6.07 Å². The fraction of sp³-hybridized carbons (Fsp3) is 0. The molecule has 0 aliphatic heterocycles. The minimum Gasteiger partial charge on any atom is -0.323 e. The van der Waals surface area contributed by atoms with E-state index in [1.54, 1.807) is 6.07 Å². The van der Waals surface area contributed by atoms with Crippen LogP contribution in [0.4, 0.5) is 11.5 Å². The average Bonchev–Trinajstić information content (AvgIpc) is 2.41. The summed E-state index contributed by atoms with van der Waals surface area (Å²) in [7, 11) is 0. The van der Waals surface area contributed by atoms with E-state index < -0.39 is 5.91 Å². The van der Waals surface area contributed by atoms with Gasteiger partial charge in [0.25, 0.3) is 11.5 Å². The predicted octanol–water partition coefficient (Wildman–Crippen LogP) is -0.297. The van der Waals surface area contributed by atoms with Gasteiger partial charge < -0.3 is 10.7 Å². The van der Waals surface area contributed by atoms with Crippen molar-refractivity contribution in [3.05, 3.63) is 46.5 Å². The molecular formula is C10H10N6O2. The molecule has 0 unspecified atom stereocenters. The zero-order valence-corrected chi connectivity index (χ0v) is 9.18. The summed E-state index contributed by atoms with van der Waals surface area (Å²) in [5, 5.41) is 8.34. The lowest BCUT2D eigenvalue weighted by Crippen LogP contribution is -2.17. The van der Waals surface area contributed by atoms with Gasteiger partial charge >= 0.3 is 0 Å². The lowest BCUT2D eigenvalue weighted by molar-refractivity contribution is 0.102. The van der Waals surface area contributed by atoms with Gasteiger partial charge in [0.2, 0.25) is 0 Å². The third-order valence-electron chi connectivity index (χ3n) is 2.08. The third kappa shape index (κ3) is 2.68. The summed E-state index contributed by atoms with van der Waals surface area (Å²) < 4.78 is 0. The van der Waals surface area contributed by atoms with E-state index in [-0.39, 0.29) is 17.1 Å². The Hall–Kier alpha value is -2.74. The molecular weight excluding hydrogens is 236 g/mol. The maximum atomic E-state index is 11.7. The largest absolute Gasteiger partial charge is 0.323 e. The highest BCUT2D eigenvalue weighted by molar-refractivity contribution is 6.02. The number of nitrogens with one attached hydrogen (secondary N) is 3. The Labute approximate surface area is 101 Å². The molecule has 92 valence electrons. The van der Waals surface area contributed by atoms with Crippen molar-refractivity contribution in [2.45, 2.75) is 0 Å². The third-order valence-corrected chi connectivity index (χ3v) is 2.08. The number of hydrogen-bond donors (Lipinski definition) is 4. The number of rotatable bonds is 3. The molecule has 0 aromatic carbocycles. The zero-order valence-electron chi connectivity index (χ0n) is 9.18. The van der Waals surface area contributed by atoms with Gasteiger partial charge in [-0.15, -0.1) is 0 Å². The van der Waals surface area contributed by atoms with E-state index in [1.807, 2.05) is 0 Å². The van der Waals surface area contributed by atoms with Crippen molar-refractivity contribution < 1.29 is 4.79 Å². The van der Waals surface area contributed by atoms with Gasteiger partial charge in [-0.25, -0.2) is 10.1 Å². The summed E-state index contributed by atoms with van der Waals surface area (Å²) in [6.45, 7) is 0. The SMILES string of the molecule is NNc1ccc(C(=O)Nc2ccc(=O)[nH]n2)nc1. The van der Waals surface area contributed by atoms with Crippen LogP contribution in [0, 0.1) is 0 Å². The minimum absolute atomic E-state index is 0.210. The number of carbonyl (C=O) groups excluding carboxylic acids is 1. The molecule has 2 rings (SSSR count). The number of hydrogen-bond acceptors (Lipinski definition) is 6. The van der Waals surface area contributed by atoms with E-state index in [0.717, 1.165) is 0 Å². The molecule has 5 N–H and O–H groups in total. The first-order chi connectivity index (χ1) is 8.69. The van der Waals surface area contributed by atoms with Crippen LogP contribution in [0.3, 0.4) is 0 Å². The lowest BCUT2D eigenvalue weighted by atomic mass is 10.3. The number of nitrogen functional groups attached to an aromatic ring is 1. The number of aromatic amines is 1. The van der Waals surface area contributed by atoms with Crippen LogP contribution in [0.5, 0.6) is 0 Å². The molecule has 0 radical (unpaired) electrons. The van der Waals surface area contributed by atoms with Crippen LogP contribution in [0.25, 0.3) is 0 Å². The Kier molecular flexibility index (Phi) is 3.30. The molecule has 2 aromatic rings. The first-order valence-electron chi connectivity index (χ1n) is 4.99. The highest BCUT2D eigenvalue weighted by Crippen LogP contribution is 2.06. The number of anilines is 2. The summed E-state index contributed by atoms with van der Waals surface area (Å²) in [5.74, 6) is 4.99. The first kappa shape index (κ1) is 11.7. The summed E-state index contributed by atoms with van der Waals surface area (Å²) in [4.78, 5) is 26.4. The van der Waals surface area contributed by atoms with Gasteiger partial charge in [-0.2, -0.15) is 5.10 Å². The highest BCUT2D eigenvalue weighted by Gasteiger charge is 2.08. The maximum absolute atomic E-state index is 11.7. The van der Waals surface area contributed by atoms with E-state index in [1.165, 1.54) is 24.4 Å². The molecule has 0 spiro atoms. The number of nitrogens with two attached hydrogens (primary N) is 1. The number of H-pyrrole nitrogens is 1. The Morgan fingerprint density at radius 3 is 2.67 bits per heavy atom. The molecule has 8 heteroatoms. The molecule has 0 saturated heterocycles. The van der Waals surface area contributed by atoms with Crippen LogP contribution in [0.2, 0.25) is 0 Å². The molecule has 2 aromatic heterocycles. The van der Waals surface area contributed by atoms with Crippen LogP contribution in [-0.4, -0.2) is 21.1 Å². The predicted molar refractivity (Wildman–Crippen MR) is 64.9 cm³/mol. The van der Waals surface area contributed by atoms with Gasteiger partial charge in [-0.05, 0) is 18.2 Å². The van der Waals surface area contributed by atoms with E-state index in [2.05, 4.69) is 25.9 Å². The zero-order chi connectivity index (χ0) is 13.0. The molecule has 0 fully saturated rings. The van der Waals surface area contributed by atoms with Crippen molar-refractivity contribution in [3.8, 4) is 0 Å². The average molecular weight is 246 g/mol. The van der Waals surface area contributed by atoms with Gasteiger partial charge in [0.15, 0.2) is 5.82 Å². The van der Waals surface area contributed by atoms with E-state index in [0.29, 0.717) is 5.69 Å². The number of amides is 1. The molecule has 0 aliphatic rings. The smallest absolute Gasteiger partial charge is 0.275 e. The van der Waals surface area contributed by atoms with Crippen LogP contribution in [0.15, 0.2) is 35.3 Å².